The van der Waals surface area contributed by atoms with E-state index in [4.69, 9.17) is 4.74 Å². The Kier molecular flexibility index (Phi) is 2.59. The summed E-state index contributed by atoms with van der Waals surface area (Å²) >= 11 is 0. The largest absolute Gasteiger partial charge is 0.448 e. The monoisotopic (exact) mass is 185 g/mol. The highest BCUT2D eigenvalue weighted by molar-refractivity contribution is 5.88. The fourth-order valence-electron chi connectivity index (χ4n) is 0.980. The van der Waals surface area contributed by atoms with Gasteiger partial charge in [0.05, 0.1) is 13.1 Å². The topological polar surface area (TPSA) is 46.6 Å². The standard InChI is InChI=1S/C9H15NO3/c1-9(2,3)7(11)6-10-4-5-13-8(10)12/h4-6H2,1-3H3. The first kappa shape index (κ1) is 10.0. The van der Waals surface area contributed by atoms with E-state index < -0.39 is 0 Å². The van der Waals surface area contributed by atoms with Gasteiger partial charge in [0.15, 0.2) is 5.78 Å². The van der Waals surface area contributed by atoms with Crippen molar-refractivity contribution >= 4 is 11.9 Å². The molecule has 1 heterocycles. The van der Waals surface area contributed by atoms with Crippen LogP contribution in [0.5, 0.6) is 0 Å². The maximum Gasteiger partial charge on any atom is 0.410 e. The van der Waals surface area contributed by atoms with Crippen LogP contribution in [0.3, 0.4) is 0 Å². The van der Waals surface area contributed by atoms with Crippen LogP contribution in [0.1, 0.15) is 20.8 Å². The van der Waals surface area contributed by atoms with Crippen LogP contribution in [0.25, 0.3) is 0 Å². The summed E-state index contributed by atoms with van der Waals surface area (Å²) in [6, 6.07) is 0. The lowest BCUT2D eigenvalue weighted by Crippen LogP contribution is -2.36. The van der Waals surface area contributed by atoms with Gasteiger partial charge in [-0.1, -0.05) is 20.8 Å². The Labute approximate surface area is 77.8 Å². The van der Waals surface area contributed by atoms with Crippen molar-refractivity contribution in [3.8, 4) is 0 Å². The average molecular weight is 185 g/mol. The Hall–Kier alpha value is -1.06. The molecule has 1 aliphatic rings. The maximum absolute atomic E-state index is 11.5. The Balaban J connectivity index is 2.49. The number of hydrogen-bond donors (Lipinski definition) is 0. The van der Waals surface area contributed by atoms with Gasteiger partial charge in [-0.05, 0) is 0 Å². The molecule has 0 radical (unpaired) electrons. The molecule has 1 fully saturated rings. The number of Topliss-reactive ketones (excluding diaryl/α,β-unsaturated/α-hetero) is 1. The zero-order chi connectivity index (χ0) is 10.1. The number of cyclic esters (lactones) is 1. The van der Waals surface area contributed by atoms with Gasteiger partial charge in [0.25, 0.3) is 0 Å². The minimum Gasteiger partial charge on any atom is -0.448 e. The molecule has 13 heavy (non-hydrogen) atoms. The van der Waals surface area contributed by atoms with Crippen LogP contribution in [-0.4, -0.2) is 36.5 Å². The van der Waals surface area contributed by atoms with Crippen LogP contribution in [0.4, 0.5) is 4.79 Å². The van der Waals surface area contributed by atoms with E-state index in [1.165, 1.54) is 4.90 Å². The first-order valence-corrected chi connectivity index (χ1v) is 4.36. The summed E-state index contributed by atoms with van der Waals surface area (Å²) in [5.74, 6) is 0.0614. The summed E-state index contributed by atoms with van der Waals surface area (Å²) in [5.41, 5.74) is -0.386. The molecule has 0 aromatic heterocycles. The quantitative estimate of drug-likeness (QED) is 0.646. The molecule has 0 N–H and O–H groups in total. The molecule has 74 valence electrons. The number of amides is 1. The number of ketones is 1. The zero-order valence-electron chi connectivity index (χ0n) is 8.29. The molecule has 4 nitrogen and oxygen atoms in total. The van der Waals surface area contributed by atoms with Gasteiger partial charge >= 0.3 is 6.09 Å². The summed E-state index contributed by atoms with van der Waals surface area (Å²) in [6.45, 7) is 6.63. The van der Waals surface area contributed by atoms with E-state index in [0.717, 1.165) is 0 Å². The van der Waals surface area contributed by atoms with Crippen molar-refractivity contribution in [2.75, 3.05) is 19.7 Å². The molecular weight excluding hydrogens is 170 g/mol. The molecule has 0 saturated carbocycles. The summed E-state index contributed by atoms with van der Waals surface area (Å²) in [5, 5.41) is 0. The Morgan fingerprint density at radius 1 is 1.54 bits per heavy atom. The number of carbonyl (C=O) groups excluding carboxylic acids is 2. The first-order chi connectivity index (χ1) is 5.91. The van der Waals surface area contributed by atoms with E-state index in [1.807, 2.05) is 20.8 Å². The molecule has 1 rings (SSSR count). The van der Waals surface area contributed by atoms with Crippen molar-refractivity contribution in [1.29, 1.82) is 0 Å². The average Bonchev–Trinajstić information content (AvgIpc) is 2.34. The number of hydrogen-bond acceptors (Lipinski definition) is 3. The van der Waals surface area contributed by atoms with Crippen LogP contribution >= 0.6 is 0 Å². The van der Waals surface area contributed by atoms with Gasteiger partial charge in [-0.15, -0.1) is 0 Å². The summed E-state index contributed by atoms with van der Waals surface area (Å²) in [4.78, 5) is 23.9. The van der Waals surface area contributed by atoms with Gasteiger partial charge in [0.1, 0.15) is 6.61 Å². The minimum atomic E-state index is -0.386. The third kappa shape index (κ3) is 2.44. The molecule has 0 unspecified atom stereocenters. The number of carbonyl (C=O) groups is 2. The normalized spacial score (nSPS) is 17.5. The molecule has 0 spiro atoms. The first-order valence-electron chi connectivity index (χ1n) is 4.36. The predicted molar refractivity (Wildman–Crippen MR) is 47.4 cm³/mol. The second-order valence-corrected chi connectivity index (χ2v) is 4.21. The van der Waals surface area contributed by atoms with Crippen LogP contribution in [0.15, 0.2) is 0 Å². The Morgan fingerprint density at radius 3 is 2.54 bits per heavy atom. The molecule has 1 amide bonds. The highest BCUT2D eigenvalue weighted by atomic mass is 16.6. The molecule has 0 atom stereocenters. The molecule has 0 aromatic carbocycles. The smallest absolute Gasteiger partial charge is 0.410 e. The van der Waals surface area contributed by atoms with Gasteiger partial charge in [-0.3, -0.25) is 9.69 Å². The van der Waals surface area contributed by atoms with Gasteiger partial charge in [-0.25, -0.2) is 4.79 Å². The third-order valence-electron chi connectivity index (χ3n) is 2.02. The van der Waals surface area contributed by atoms with Crippen molar-refractivity contribution in [1.82, 2.24) is 4.90 Å². The second-order valence-electron chi connectivity index (χ2n) is 4.21. The zero-order valence-corrected chi connectivity index (χ0v) is 8.29. The lowest BCUT2D eigenvalue weighted by atomic mass is 9.90. The van der Waals surface area contributed by atoms with Gasteiger partial charge < -0.3 is 4.74 Å². The summed E-state index contributed by atoms with van der Waals surface area (Å²) < 4.78 is 4.71. The van der Waals surface area contributed by atoms with Crippen molar-refractivity contribution in [2.24, 2.45) is 5.41 Å². The van der Waals surface area contributed by atoms with Crippen LogP contribution in [0, 0.1) is 5.41 Å². The fourth-order valence-corrected chi connectivity index (χ4v) is 0.980. The molecule has 1 aliphatic heterocycles. The van der Waals surface area contributed by atoms with E-state index in [-0.39, 0.29) is 23.8 Å². The van der Waals surface area contributed by atoms with Gasteiger partial charge in [0, 0.05) is 5.41 Å². The predicted octanol–water partition coefficient (Wildman–Crippen LogP) is 1.05. The van der Waals surface area contributed by atoms with Crippen molar-refractivity contribution in [2.45, 2.75) is 20.8 Å². The van der Waals surface area contributed by atoms with Crippen molar-refractivity contribution < 1.29 is 14.3 Å². The van der Waals surface area contributed by atoms with Crippen molar-refractivity contribution in [3.05, 3.63) is 0 Å². The highest BCUT2D eigenvalue weighted by Crippen LogP contribution is 2.16. The summed E-state index contributed by atoms with van der Waals surface area (Å²) in [6.07, 6.45) is -0.377. The van der Waals surface area contributed by atoms with Crippen LogP contribution < -0.4 is 0 Å². The SMILES string of the molecule is CC(C)(C)C(=O)CN1CCOC1=O. The van der Waals surface area contributed by atoms with E-state index in [1.54, 1.807) is 0 Å². The molecule has 0 aromatic rings. The lowest BCUT2D eigenvalue weighted by Gasteiger charge is -2.20. The molecule has 0 aliphatic carbocycles. The number of ether oxygens (including phenoxy) is 1. The molecule has 0 bridgehead atoms. The van der Waals surface area contributed by atoms with E-state index in [0.29, 0.717) is 13.2 Å². The Bertz CT molecular complexity index is 230. The number of rotatable bonds is 2. The highest BCUT2D eigenvalue weighted by Gasteiger charge is 2.29. The summed E-state index contributed by atoms with van der Waals surface area (Å²) in [7, 11) is 0. The third-order valence-corrected chi connectivity index (χ3v) is 2.02. The molecule has 4 heteroatoms. The van der Waals surface area contributed by atoms with E-state index in [2.05, 4.69) is 0 Å². The minimum absolute atomic E-state index is 0.0614. The lowest BCUT2D eigenvalue weighted by molar-refractivity contribution is -0.126. The van der Waals surface area contributed by atoms with Gasteiger partial charge in [0.2, 0.25) is 0 Å². The van der Waals surface area contributed by atoms with Crippen molar-refractivity contribution in [3.63, 3.8) is 0 Å². The molecular formula is C9H15NO3. The van der Waals surface area contributed by atoms with Crippen LogP contribution in [0.2, 0.25) is 0 Å². The number of nitrogens with zero attached hydrogens (tertiary/aromatic N) is 1. The molecule has 1 saturated heterocycles. The van der Waals surface area contributed by atoms with E-state index in [9.17, 15) is 9.59 Å². The Morgan fingerprint density at radius 2 is 2.15 bits per heavy atom. The maximum atomic E-state index is 11.5. The van der Waals surface area contributed by atoms with Crippen LogP contribution in [-0.2, 0) is 9.53 Å². The van der Waals surface area contributed by atoms with E-state index >= 15 is 0 Å². The fraction of sp³-hybridized carbons (Fsp3) is 0.778. The van der Waals surface area contributed by atoms with Gasteiger partial charge in [-0.2, -0.15) is 0 Å². The second kappa shape index (κ2) is 3.36.